The number of nitrogens with one attached hydrogen (secondary N) is 1. The number of nitrogens with zero attached hydrogens (tertiary/aromatic N) is 1. The van der Waals surface area contributed by atoms with Gasteiger partial charge in [-0.1, -0.05) is 0 Å². The minimum absolute atomic E-state index is 0. The molecule has 0 saturated heterocycles. The number of ether oxygens (including phenoxy) is 1. The van der Waals surface area contributed by atoms with Gasteiger partial charge in [0.1, 0.15) is 10.6 Å². The average molecular weight is 366 g/mol. The number of rotatable bonds is 3. The van der Waals surface area contributed by atoms with E-state index in [0.29, 0.717) is 21.9 Å². The number of aromatic nitrogens is 1. The highest BCUT2D eigenvalue weighted by atomic mass is 35.5. The lowest BCUT2D eigenvalue weighted by Crippen LogP contribution is -2.15. The van der Waals surface area contributed by atoms with Crippen LogP contribution in [0.5, 0.6) is 0 Å². The van der Waals surface area contributed by atoms with Gasteiger partial charge in [-0.05, 0) is 35.7 Å². The molecular formula is C16H16ClN3O3S. The van der Waals surface area contributed by atoms with Crippen molar-refractivity contribution in [2.24, 2.45) is 7.05 Å². The van der Waals surface area contributed by atoms with Crippen molar-refractivity contribution in [2.45, 2.75) is 0 Å². The Balaban J connectivity index is 0.00000208. The standard InChI is InChI=1S/C16H15N3O3S.ClH/c1-19-8-10(17)7-12(19)15(20)18-11-3-4-13-9(5-11)6-14(23-13)16(21)22-2;/h3-8H,17H2,1-2H3,(H,18,20);1H. The van der Waals surface area contributed by atoms with E-state index in [2.05, 4.69) is 5.32 Å². The van der Waals surface area contributed by atoms with E-state index in [1.165, 1.54) is 18.4 Å². The van der Waals surface area contributed by atoms with Crippen molar-refractivity contribution in [1.29, 1.82) is 0 Å². The fourth-order valence-electron chi connectivity index (χ4n) is 2.33. The van der Waals surface area contributed by atoms with Crippen LogP contribution in [0.1, 0.15) is 20.2 Å². The molecule has 2 heterocycles. The normalized spacial score (nSPS) is 10.2. The van der Waals surface area contributed by atoms with Crippen molar-refractivity contribution >= 4 is 57.1 Å². The highest BCUT2D eigenvalue weighted by Crippen LogP contribution is 2.28. The number of anilines is 2. The Kier molecular flexibility index (Phi) is 5.16. The number of fused-ring (bicyclic) bond motifs is 1. The summed E-state index contributed by atoms with van der Waals surface area (Å²) >= 11 is 1.35. The Morgan fingerprint density at radius 3 is 2.62 bits per heavy atom. The van der Waals surface area contributed by atoms with Gasteiger partial charge in [-0.2, -0.15) is 0 Å². The van der Waals surface area contributed by atoms with E-state index in [1.54, 1.807) is 36.0 Å². The first-order chi connectivity index (χ1) is 11.0. The maximum atomic E-state index is 12.3. The molecular weight excluding hydrogens is 350 g/mol. The Labute approximate surface area is 148 Å². The summed E-state index contributed by atoms with van der Waals surface area (Å²) < 4.78 is 7.34. The van der Waals surface area contributed by atoms with Crippen LogP contribution in [-0.4, -0.2) is 23.6 Å². The number of methoxy groups -OCH3 is 1. The highest BCUT2D eigenvalue weighted by Gasteiger charge is 2.13. The van der Waals surface area contributed by atoms with Gasteiger partial charge < -0.3 is 20.4 Å². The number of nitrogen functional groups attached to an aromatic ring is 1. The second-order valence-corrected chi connectivity index (χ2v) is 6.16. The van der Waals surface area contributed by atoms with E-state index < -0.39 is 0 Å². The van der Waals surface area contributed by atoms with E-state index in [0.717, 1.165) is 10.1 Å². The number of aryl methyl sites for hydroxylation is 1. The summed E-state index contributed by atoms with van der Waals surface area (Å²) in [5.74, 6) is -0.608. The van der Waals surface area contributed by atoms with Gasteiger partial charge in [0.25, 0.3) is 5.91 Å². The Morgan fingerprint density at radius 2 is 2.00 bits per heavy atom. The minimum Gasteiger partial charge on any atom is -0.465 e. The zero-order valence-corrected chi connectivity index (χ0v) is 14.7. The molecule has 1 aromatic carbocycles. The van der Waals surface area contributed by atoms with Crippen LogP contribution in [0.15, 0.2) is 36.5 Å². The lowest BCUT2D eigenvalue weighted by Gasteiger charge is -2.06. The maximum absolute atomic E-state index is 12.3. The number of carbonyl (C=O) groups excluding carboxylic acids is 2. The lowest BCUT2D eigenvalue weighted by atomic mass is 10.2. The molecule has 126 valence electrons. The molecule has 0 bridgehead atoms. The van der Waals surface area contributed by atoms with Gasteiger partial charge in [-0.15, -0.1) is 23.7 Å². The monoisotopic (exact) mass is 365 g/mol. The van der Waals surface area contributed by atoms with E-state index in [1.807, 2.05) is 12.1 Å². The number of thiophene rings is 1. The Morgan fingerprint density at radius 1 is 1.25 bits per heavy atom. The van der Waals surface area contributed by atoms with Gasteiger partial charge in [0.15, 0.2) is 0 Å². The Bertz CT molecular complexity index is 917. The van der Waals surface area contributed by atoms with Crippen molar-refractivity contribution in [2.75, 3.05) is 18.2 Å². The van der Waals surface area contributed by atoms with Gasteiger partial charge in [0.05, 0.1) is 12.8 Å². The molecule has 1 amide bonds. The molecule has 8 heteroatoms. The summed E-state index contributed by atoms with van der Waals surface area (Å²) in [6, 6.07) is 8.85. The second kappa shape index (κ2) is 6.94. The van der Waals surface area contributed by atoms with E-state index in [9.17, 15) is 9.59 Å². The molecule has 6 nitrogen and oxygen atoms in total. The van der Waals surface area contributed by atoms with Gasteiger partial charge >= 0.3 is 5.97 Å². The SMILES string of the molecule is COC(=O)c1cc2cc(NC(=O)c3cc(N)cn3C)ccc2s1.Cl. The first kappa shape index (κ1) is 17.8. The van der Waals surface area contributed by atoms with Crippen LogP contribution in [0, 0.1) is 0 Å². The summed E-state index contributed by atoms with van der Waals surface area (Å²) in [4.78, 5) is 24.4. The number of nitrogens with two attached hydrogens (primary N) is 1. The summed E-state index contributed by atoms with van der Waals surface area (Å²) in [6.45, 7) is 0. The quantitative estimate of drug-likeness (QED) is 0.697. The van der Waals surface area contributed by atoms with Crippen LogP contribution in [-0.2, 0) is 11.8 Å². The predicted molar refractivity (Wildman–Crippen MR) is 98.2 cm³/mol. The molecule has 0 radical (unpaired) electrons. The molecule has 2 aromatic heterocycles. The summed E-state index contributed by atoms with van der Waals surface area (Å²) in [7, 11) is 3.11. The van der Waals surface area contributed by atoms with Crippen LogP contribution < -0.4 is 11.1 Å². The molecule has 3 N–H and O–H groups in total. The molecule has 0 unspecified atom stereocenters. The topological polar surface area (TPSA) is 86.3 Å². The van der Waals surface area contributed by atoms with Crippen molar-refractivity contribution in [3.8, 4) is 0 Å². The number of esters is 1. The smallest absolute Gasteiger partial charge is 0.348 e. The van der Waals surface area contributed by atoms with Crippen LogP contribution in [0.2, 0.25) is 0 Å². The Hall–Kier alpha value is -2.51. The van der Waals surface area contributed by atoms with Crippen molar-refractivity contribution < 1.29 is 14.3 Å². The summed E-state index contributed by atoms with van der Waals surface area (Å²) in [6.07, 6.45) is 1.68. The molecule has 0 atom stereocenters. The molecule has 0 fully saturated rings. The molecule has 24 heavy (non-hydrogen) atoms. The number of hydrogen-bond acceptors (Lipinski definition) is 5. The fourth-order valence-corrected chi connectivity index (χ4v) is 3.29. The first-order valence-corrected chi connectivity index (χ1v) is 7.64. The van der Waals surface area contributed by atoms with E-state index in [4.69, 9.17) is 10.5 Å². The lowest BCUT2D eigenvalue weighted by molar-refractivity contribution is 0.0606. The van der Waals surface area contributed by atoms with Gasteiger partial charge in [-0.3, -0.25) is 4.79 Å². The van der Waals surface area contributed by atoms with Crippen LogP contribution >= 0.6 is 23.7 Å². The van der Waals surface area contributed by atoms with Gasteiger partial charge in [0.2, 0.25) is 0 Å². The van der Waals surface area contributed by atoms with Gasteiger partial charge in [-0.25, -0.2) is 4.79 Å². The van der Waals surface area contributed by atoms with Crippen molar-refractivity contribution in [1.82, 2.24) is 4.57 Å². The molecule has 3 aromatic rings. The van der Waals surface area contributed by atoms with Crippen LogP contribution in [0.4, 0.5) is 11.4 Å². The largest absolute Gasteiger partial charge is 0.465 e. The van der Waals surface area contributed by atoms with Crippen molar-refractivity contribution in [3.05, 3.63) is 47.1 Å². The van der Waals surface area contributed by atoms with E-state index >= 15 is 0 Å². The first-order valence-electron chi connectivity index (χ1n) is 6.83. The summed E-state index contributed by atoms with van der Waals surface area (Å²) in [5, 5.41) is 3.70. The minimum atomic E-state index is -0.365. The third-order valence-corrected chi connectivity index (χ3v) is 4.52. The molecule has 0 aliphatic carbocycles. The molecule has 3 rings (SSSR count). The molecule has 0 saturated carbocycles. The fraction of sp³-hybridized carbons (Fsp3) is 0.125. The number of amides is 1. The number of hydrogen-bond donors (Lipinski definition) is 2. The molecule has 0 spiro atoms. The predicted octanol–water partition coefficient (Wildman–Crippen LogP) is 3.28. The maximum Gasteiger partial charge on any atom is 0.348 e. The molecule has 0 aliphatic rings. The number of halogens is 1. The third kappa shape index (κ3) is 3.37. The van der Waals surface area contributed by atoms with Crippen molar-refractivity contribution in [3.63, 3.8) is 0 Å². The zero-order valence-electron chi connectivity index (χ0n) is 13.0. The van der Waals surface area contributed by atoms with Crippen LogP contribution in [0.25, 0.3) is 10.1 Å². The third-order valence-electron chi connectivity index (χ3n) is 3.42. The summed E-state index contributed by atoms with van der Waals surface area (Å²) in [5.41, 5.74) is 7.35. The van der Waals surface area contributed by atoms with Gasteiger partial charge in [0, 0.05) is 23.6 Å². The average Bonchev–Trinajstić information content (AvgIpc) is 3.08. The zero-order chi connectivity index (χ0) is 16.6. The number of carbonyl (C=O) groups is 2. The molecule has 0 aliphatic heterocycles. The van der Waals surface area contributed by atoms with Crippen LogP contribution in [0.3, 0.4) is 0 Å². The highest BCUT2D eigenvalue weighted by molar-refractivity contribution is 7.20. The second-order valence-electron chi connectivity index (χ2n) is 5.08. The number of benzene rings is 1. The van der Waals surface area contributed by atoms with E-state index in [-0.39, 0.29) is 24.3 Å².